The average Bonchev–Trinajstić information content (AvgIpc) is 3.06. The van der Waals surface area contributed by atoms with Gasteiger partial charge in [-0.3, -0.25) is 0 Å². The molecule has 2 rings (SSSR count). The summed E-state index contributed by atoms with van der Waals surface area (Å²) in [5.41, 5.74) is 1.12. The van der Waals surface area contributed by atoms with Gasteiger partial charge in [0.1, 0.15) is 5.82 Å². The first kappa shape index (κ1) is 12.7. The zero-order valence-electron chi connectivity index (χ0n) is 10.5. The van der Waals surface area contributed by atoms with Crippen molar-refractivity contribution in [2.75, 3.05) is 11.9 Å². The molecule has 0 spiro atoms. The summed E-state index contributed by atoms with van der Waals surface area (Å²) in [6.07, 6.45) is 4.25. The Bertz CT molecular complexity index is 375. The molecule has 1 fully saturated rings. The van der Waals surface area contributed by atoms with Gasteiger partial charge in [-0.1, -0.05) is 25.4 Å². The lowest BCUT2D eigenvalue weighted by atomic mass is 10.2. The molecule has 0 atom stereocenters. The van der Waals surface area contributed by atoms with Gasteiger partial charge >= 0.3 is 0 Å². The molecule has 3 nitrogen and oxygen atoms in total. The van der Waals surface area contributed by atoms with Crippen LogP contribution in [0.5, 0.6) is 0 Å². The number of halogens is 1. The topological polar surface area (TPSA) is 37.0 Å². The molecular formula is C13H20ClN3. The molecule has 1 heterocycles. The van der Waals surface area contributed by atoms with E-state index in [0.29, 0.717) is 12.0 Å². The van der Waals surface area contributed by atoms with E-state index in [2.05, 4.69) is 29.5 Å². The number of hydrogen-bond acceptors (Lipinski definition) is 3. The molecule has 4 heteroatoms. The quantitative estimate of drug-likeness (QED) is 0.818. The largest absolute Gasteiger partial charge is 0.367 e. The van der Waals surface area contributed by atoms with Crippen LogP contribution in [0.2, 0.25) is 5.02 Å². The molecule has 1 aromatic rings. The zero-order valence-corrected chi connectivity index (χ0v) is 11.2. The van der Waals surface area contributed by atoms with Gasteiger partial charge in [0.25, 0.3) is 0 Å². The average molecular weight is 254 g/mol. The van der Waals surface area contributed by atoms with E-state index >= 15 is 0 Å². The van der Waals surface area contributed by atoms with E-state index in [9.17, 15) is 0 Å². The van der Waals surface area contributed by atoms with Crippen LogP contribution < -0.4 is 10.6 Å². The lowest BCUT2D eigenvalue weighted by Crippen LogP contribution is -2.19. The monoisotopic (exact) mass is 253 g/mol. The third-order valence-corrected chi connectivity index (χ3v) is 3.07. The van der Waals surface area contributed by atoms with Gasteiger partial charge in [0.15, 0.2) is 0 Å². The molecule has 0 saturated heterocycles. The van der Waals surface area contributed by atoms with Crippen molar-refractivity contribution in [3.05, 3.63) is 22.8 Å². The zero-order chi connectivity index (χ0) is 12.3. The first-order chi connectivity index (χ1) is 8.15. The Hall–Kier alpha value is -0.800. The van der Waals surface area contributed by atoms with Crippen LogP contribution in [-0.4, -0.2) is 17.6 Å². The van der Waals surface area contributed by atoms with Crippen LogP contribution in [0.15, 0.2) is 12.3 Å². The van der Waals surface area contributed by atoms with E-state index in [1.165, 1.54) is 12.8 Å². The summed E-state index contributed by atoms with van der Waals surface area (Å²) in [6, 6.07) is 2.67. The molecule has 1 saturated carbocycles. The Morgan fingerprint density at radius 1 is 1.47 bits per heavy atom. The standard InChI is InChI=1S/C13H20ClN3/c1-9(2)6-15-7-10-5-13(16-8-12(10)14)17-11-3-4-11/h5,8-9,11,15H,3-4,6-7H2,1-2H3,(H,16,17). The minimum atomic E-state index is 0.625. The SMILES string of the molecule is CC(C)CNCc1cc(NC2CC2)ncc1Cl. The van der Waals surface area contributed by atoms with E-state index < -0.39 is 0 Å². The van der Waals surface area contributed by atoms with E-state index in [1.54, 1.807) is 6.20 Å². The van der Waals surface area contributed by atoms with Gasteiger partial charge in [-0.25, -0.2) is 4.98 Å². The van der Waals surface area contributed by atoms with Gasteiger partial charge in [-0.05, 0) is 36.9 Å². The maximum atomic E-state index is 6.13. The van der Waals surface area contributed by atoms with Crippen molar-refractivity contribution in [2.45, 2.75) is 39.3 Å². The van der Waals surface area contributed by atoms with Crippen molar-refractivity contribution in [1.29, 1.82) is 0 Å². The highest BCUT2D eigenvalue weighted by Crippen LogP contribution is 2.25. The predicted molar refractivity (Wildman–Crippen MR) is 72.4 cm³/mol. The number of rotatable bonds is 6. The molecule has 0 bridgehead atoms. The molecule has 2 N–H and O–H groups in total. The number of anilines is 1. The molecule has 0 aliphatic heterocycles. The summed E-state index contributed by atoms with van der Waals surface area (Å²) in [4.78, 5) is 4.29. The number of pyridine rings is 1. The molecule has 0 radical (unpaired) electrons. The van der Waals surface area contributed by atoms with Crippen molar-refractivity contribution in [2.24, 2.45) is 5.92 Å². The lowest BCUT2D eigenvalue weighted by molar-refractivity contribution is 0.552. The summed E-state index contributed by atoms with van der Waals surface area (Å²) in [5, 5.41) is 7.52. The van der Waals surface area contributed by atoms with E-state index in [1.807, 2.05) is 6.07 Å². The number of nitrogens with zero attached hydrogens (tertiary/aromatic N) is 1. The minimum absolute atomic E-state index is 0.625. The Balaban J connectivity index is 1.93. The molecule has 0 unspecified atom stereocenters. The molecular weight excluding hydrogens is 234 g/mol. The van der Waals surface area contributed by atoms with Crippen molar-refractivity contribution in [3.63, 3.8) is 0 Å². The molecule has 1 aliphatic carbocycles. The summed E-state index contributed by atoms with van der Waals surface area (Å²) in [5.74, 6) is 1.60. The van der Waals surface area contributed by atoms with Crippen LogP contribution in [0, 0.1) is 5.92 Å². The van der Waals surface area contributed by atoms with Crippen molar-refractivity contribution in [1.82, 2.24) is 10.3 Å². The maximum Gasteiger partial charge on any atom is 0.126 e. The minimum Gasteiger partial charge on any atom is -0.367 e. The Kier molecular flexibility index (Phi) is 4.24. The first-order valence-corrected chi connectivity index (χ1v) is 6.64. The molecule has 94 valence electrons. The fourth-order valence-electron chi connectivity index (χ4n) is 1.63. The van der Waals surface area contributed by atoms with E-state index in [0.717, 1.165) is 29.5 Å². The highest BCUT2D eigenvalue weighted by Gasteiger charge is 2.21. The molecule has 0 amide bonds. The summed E-state index contributed by atoms with van der Waals surface area (Å²) in [7, 11) is 0. The highest BCUT2D eigenvalue weighted by molar-refractivity contribution is 6.31. The molecule has 1 aromatic heterocycles. The Labute approximate surface area is 108 Å². The fourth-order valence-corrected chi connectivity index (χ4v) is 1.80. The maximum absolute atomic E-state index is 6.13. The summed E-state index contributed by atoms with van der Waals surface area (Å²) in [6.45, 7) is 6.20. The predicted octanol–water partition coefficient (Wildman–Crippen LogP) is 3.05. The van der Waals surface area contributed by atoms with Gasteiger partial charge in [0, 0.05) is 18.8 Å². The third-order valence-electron chi connectivity index (χ3n) is 2.73. The van der Waals surface area contributed by atoms with E-state index in [-0.39, 0.29) is 0 Å². The normalized spacial score (nSPS) is 15.3. The van der Waals surface area contributed by atoms with Gasteiger partial charge < -0.3 is 10.6 Å². The van der Waals surface area contributed by atoms with Crippen molar-refractivity contribution < 1.29 is 0 Å². The Morgan fingerprint density at radius 2 is 2.24 bits per heavy atom. The Morgan fingerprint density at radius 3 is 2.88 bits per heavy atom. The number of nitrogens with one attached hydrogen (secondary N) is 2. The van der Waals surface area contributed by atoms with Crippen molar-refractivity contribution >= 4 is 17.4 Å². The van der Waals surface area contributed by atoms with Gasteiger partial charge in [0.2, 0.25) is 0 Å². The van der Waals surface area contributed by atoms with Crippen LogP contribution in [0.25, 0.3) is 0 Å². The van der Waals surface area contributed by atoms with Crippen LogP contribution >= 0.6 is 11.6 Å². The van der Waals surface area contributed by atoms with Gasteiger partial charge in [-0.2, -0.15) is 0 Å². The van der Waals surface area contributed by atoms with Gasteiger partial charge in [-0.15, -0.1) is 0 Å². The summed E-state index contributed by atoms with van der Waals surface area (Å²) < 4.78 is 0. The van der Waals surface area contributed by atoms with Gasteiger partial charge in [0.05, 0.1) is 5.02 Å². The highest BCUT2D eigenvalue weighted by atomic mass is 35.5. The summed E-state index contributed by atoms with van der Waals surface area (Å²) >= 11 is 6.13. The number of hydrogen-bond donors (Lipinski definition) is 2. The smallest absolute Gasteiger partial charge is 0.126 e. The van der Waals surface area contributed by atoms with E-state index in [4.69, 9.17) is 11.6 Å². The first-order valence-electron chi connectivity index (χ1n) is 6.27. The molecule has 0 aromatic carbocycles. The third kappa shape index (κ3) is 4.17. The van der Waals surface area contributed by atoms with Crippen LogP contribution in [-0.2, 0) is 6.54 Å². The second-order valence-electron chi connectivity index (χ2n) is 5.10. The number of aromatic nitrogens is 1. The fraction of sp³-hybridized carbons (Fsp3) is 0.615. The van der Waals surface area contributed by atoms with Crippen LogP contribution in [0.1, 0.15) is 32.3 Å². The molecule has 1 aliphatic rings. The van der Waals surface area contributed by atoms with Crippen LogP contribution in [0.4, 0.5) is 5.82 Å². The second kappa shape index (κ2) is 5.69. The van der Waals surface area contributed by atoms with Crippen LogP contribution in [0.3, 0.4) is 0 Å². The lowest BCUT2D eigenvalue weighted by Gasteiger charge is -2.10. The van der Waals surface area contributed by atoms with Crippen molar-refractivity contribution in [3.8, 4) is 0 Å². The second-order valence-corrected chi connectivity index (χ2v) is 5.51. The molecule has 17 heavy (non-hydrogen) atoms.